The number of anilines is 2. The Balaban J connectivity index is 1.03. The lowest BCUT2D eigenvalue weighted by atomic mass is 9.88. The summed E-state index contributed by atoms with van der Waals surface area (Å²) in [6, 6.07) is 18.1. The minimum atomic E-state index is -0.568. The topological polar surface area (TPSA) is 103 Å². The van der Waals surface area contributed by atoms with Crippen LogP contribution in [0.3, 0.4) is 0 Å². The van der Waals surface area contributed by atoms with Crippen molar-refractivity contribution in [3.63, 3.8) is 0 Å². The van der Waals surface area contributed by atoms with Crippen molar-refractivity contribution in [2.75, 3.05) is 57.1 Å². The van der Waals surface area contributed by atoms with E-state index in [9.17, 15) is 9.18 Å². The summed E-state index contributed by atoms with van der Waals surface area (Å²) in [5, 5.41) is 0.705. The molecule has 234 valence electrons. The molecule has 0 spiro atoms. The number of hydrogen-bond donors (Lipinski definition) is 1. The number of fused-ring (bicyclic) bond motifs is 3. The summed E-state index contributed by atoms with van der Waals surface area (Å²) >= 11 is 6.00. The number of aryl methyl sites for hydroxylation is 1. The van der Waals surface area contributed by atoms with Crippen LogP contribution >= 0.6 is 11.6 Å². The molecule has 0 radical (unpaired) electrons. The quantitative estimate of drug-likeness (QED) is 0.184. The van der Waals surface area contributed by atoms with Gasteiger partial charge < -0.3 is 24.8 Å². The van der Waals surface area contributed by atoms with Crippen LogP contribution in [0.25, 0.3) is 11.3 Å². The minimum absolute atomic E-state index is 0.136. The van der Waals surface area contributed by atoms with Crippen molar-refractivity contribution >= 4 is 29.3 Å². The van der Waals surface area contributed by atoms with Crippen molar-refractivity contribution in [2.45, 2.75) is 26.1 Å². The van der Waals surface area contributed by atoms with E-state index in [4.69, 9.17) is 26.8 Å². The Morgan fingerprint density at radius 2 is 1.78 bits per heavy atom. The maximum Gasteiger partial charge on any atom is 0.337 e. The normalized spacial score (nSPS) is 14.5. The third-order valence-electron chi connectivity index (χ3n) is 8.25. The lowest BCUT2D eigenvalue weighted by Gasteiger charge is -2.37. The fourth-order valence-corrected chi connectivity index (χ4v) is 5.90. The first-order valence-corrected chi connectivity index (χ1v) is 15.3. The van der Waals surface area contributed by atoms with E-state index in [0.29, 0.717) is 23.8 Å². The van der Waals surface area contributed by atoms with Crippen molar-refractivity contribution in [3.05, 3.63) is 99.3 Å². The molecule has 11 heteroatoms. The molecular weight excluding hydrogens is 597 g/mol. The molecule has 1 aromatic heterocycles. The number of halogens is 2. The van der Waals surface area contributed by atoms with Gasteiger partial charge in [-0.05, 0) is 66.4 Å². The Kier molecular flexibility index (Phi) is 9.44. The summed E-state index contributed by atoms with van der Waals surface area (Å²) < 4.78 is 30.8. The summed E-state index contributed by atoms with van der Waals surface area (Å²) in [7, 11) is 1.27. The molecule has 1 fully saturated rings. The number of carbonyl (C=O) groups is 1. The highest BCUT2D eigenvalue weighted by Gasteiger charge is 2.27. The Morgan fingerprint density at radius 3 is 2.53 bits per heavy atom. The molecule has 3 aromatic carbocycles. The molecule has 1 saturated heterocycles. The molecule has 0 bridgehead atoms. The zero-order chi connectivity index (χ0) is 31.3. The molecule has 0 unspecified atom stereocenters. The Morgan fingerprint density at radius 1 is 0.978 bits per heavy atom. The predicted molar refractivity (Wildman–Crippen MR) is 171 cm³/mol. The number of nitrogen functional groups attached to an aromatic ring is 1. The molecule has 2 aliphatic rings. The average Bonchev–Trinajstić information content (AvgIpc) is 3.06. The van der Waals surface area contributed by atoms with Gasteiger partial charge >= 0.3 is 5.97 Å². The van der Waals surface area contributed by atoms with Crippen LogP contribution in [0.15, 0.2) is 60.7 Å². The molecule has 2 N–H and O–H groups in total. The first-order chi connectivity index (χ1) is 21.9. The number of piperazine rings is 1. The van der Waals surface area contributed by atoms with Gasteiger partial charge in [-0.1, -0.05) is 29.8 Å². The molecule has 6 rings (SSSR count). The molecule has 1 aliphatic heterocycles. The van der Waals surface area contributed by atoms with Gasteiger partial charge in [0.05, 0.1) is 31.6 Å². The highest BCUT2D eigenvalue weighted by atomic mass is 35.5. The number of benzene rings is 3. The van der Waals surface area contributed by atoms with Gasteiger partial charge in [-0.3, -0.25) is 4.90 Å². The lowest BCUT2D eigenvalue weighted by Crippen LogP contribution is -2.48. The van der Waals surface area contributed by atoms with Gasteiger partial charge in [0.25, 0.3) is 0 Å². The fraction of sp³-hybridized carbons (Fsp3) is 0.324. The Hall–Kier alpha value is -4.25. The van der Waals surface area contributed by atoms with E-state index in [1.807, 2.05) is 30.3 Å². The number of methoxy groups -OCH3 is 1. The zero-order valence-electron chi connectivity index (χ0n) is 25.1. The largest absolute Gasteiger partial charge is 0.489 e. The fourth-order valence-electron chi connectivity index (χ4n) is 5.78. The van der Waals surface area contributed by atoms with E-state index in [1.165, 1.54) is 18.7 Å². The first kappa shape index (κ1) is 30.8. The van der Waals surface area contributed by atoms with E-state index >= 15 is 0 Å². The van der Waals surface area contributed by atoms with Crippen molar-refractivity contribution in [1.82, 2.24) is 14.9 Å². The third kappa shape index (κ3) is 7.19. The Bertz CT molecular complexity index is 1680. The maximum absolute atomic E-state index is 14.3. The van der Waals surface area contributed by atoms with Crippen molar-refractivity contribution in [1.29, 1.82) is 0 Å². The summed E-state index contributed by atoms with van der Waals surface area (Å²) in [5.41, 5.74) is 12.1. The van der Waals surface area contributed by atoms with E-state index in [0.717, 1.165) is 79.5 Å². The second-order valence-electron chi connectivity index (χ2n) is 11.1. The van der Waals surface area contributed by atoms with Crippen molar-refractivity contribution in [2.24, 2.45) is 0 Å². The zero-order valence-corrected chi connectivity index (χ0v) is 25.9. The maximum atomic E-state index is 14.3. The number of ether oxygens (including phenoxy) is 3. The van der Waals surface area contributed by atoms with Crippen LogP contribution in [0, 0.1) is 5.82 Å². The Labute approximate surface area is 266 Å². The van der Waals surface area contributed by atoms with Crippen LogP contribution in [0.4, 0.5) is 16.2 Å². The second-order valence-corrected chi connectivity index (χ2v) is 11.6. The number of hydrogen-bond acceptors (Lipinski definition) is 9. The second kappa shape index (κ2) is 13.8. The van der Waals surface area contributed by atoms with Gasteiger partial charge in [0.2, 0.25) is 5.95 Å². The summed E-state index contributed by atoms with van der Waals surface area (Å²) in [5.74, 6) is 0.942. The molecule has 0 amide bonds. The molecule has 0 atom stereocenters. The monoisotopic (exact) mass is 631 g/mol. The molecule has 9 nitrogen and oxygen atoms in total. The lowest BCUT2D eigenvalue weighted by molar-refractivity contribution is 0.0599. The van der Waals surface area contributed by atoms with E-state index < -0.39 is 11.8 Å². The van der Waals surface area contributed by atoms with Gasteiger partial charge in [-0.25, -0.2) is 14.2 Å². The van der Waals surface area contributed by atoms with E-state index in [-0.39, 0.29) is 18.1 Å². The summed E-state index contributed by atoms with van der Waals surface area (Å²) in [4.78, 5) is 25.6. The number of nitrogens with zero attached hydrogens (tertiary/aromatic N) is 4. The van der Waals surface area contributed by atoms with E-state index in [2.05, 4.69) is 36.6 Å². The number of rotatable bonds is 10. The van der Waals surface area contributed by atoms with Crippen LogP contribution in [0.1, 0.15) is 32.6 Å². The summed E-state index contributed by atoms with van der Waals surface area (Å²) in [6.45, 7) is 5.09. The predicted octanol–water partition coefficient (Wildman–Crippen LogP) is 5.32. The smallest absolute Gasteiger partial charge is 0.337 e. The van der Waals surface area contributed by atoms with Gasteiger partial charge in [-0.2, -0.15) is 4.98 Å². The van der Waals surface area contributed by atoms with Crippen molar-refractivity contribution < 1.29 is 23.4 Å². The number of esters is 1. The third-order valence-corrected chi connectivity index (χ3v) is 8.50. The average molecular weight is 632 g/mol. The molecule has 1 aliphatic carbocycles. The molecule has 4 aromatic rings. The molecular formula is C34H35ClFN5O4. The minimum Gasteiger partial charge on any atom is -0.489 e. The van der Waals surface area contributed by atoms with Crippen LogP contribution in [-0.4, -0.2) is 67.3 Å². The molecule has 2 heterocycles. The first-order valence-electron chi connectivity index (χ1n) is 15.0. The SMILES string of the molecule is COC(=O)c1ccc(COCCN2CCN(c3nc(N)nc4c3CCc3cc(OCc5ccc(Cl)cc5)ccc3-4)CC2)c(F)c1. The van der Waals surface area contributed by atoms with Gasteiger partial charge in [0.1, 0.15) is 24.0 Å². The summed E-state index contributed by atoms with van der Waals surface area (Å²) in [6.07, 6.45) is 1.69. The molecule has 45 heavy (non-hydrogen) atoms. The van der Waals surface area contributed by atoms with Gasteiger partial charge in [-0.15, -0.1) is 0 Å². The highest BCUT2D eigenvalue weighted by Crippen LogP contribution is 2.38. The highest BCUT2D eigenvalue weighted by molar-refractivity contribution is 6.30. The van der Waals surface area contributed by atoms with Gasteiger partial charge in [0, 0.05) is 54.4 Å². The number of nitrogens with two attached hydrogens (primary N) is 1. The standard InChI is InChI=1S/C34H35ClFN5O4/c1-43-33(42)24-4-5-25(30(36)19-24)21-44-17-16-40-12-14-41(15-13-40)32-29-10-6-23-18-27(45-20-22-2-7-26(35)8-3-22)9-11-28(23)31(29)38-34(37)39-32/h2-5,7-9,11,18-19H,6,10,12-17,20-21H2,1H3,(H2,37,38,39). The van der Waals surface area contributed by atoms with Crippen LogP contribution in [-0.2, 0) is 35.5 Å². The van der Waals surface area contributed by atoms with E-state index in [1.54, 1.807) is 12.1 Å². The van der Waals surface area contributed by atoms with Crippen molar-refractivity contribution in [3.8, 4) is 17.0 Å². The van der Waals surface area contributed by atoms with Crippen LogP contribution < -0.4 is 15.4 Å². The van der Waals surface area contributed by atoms with Crippen LogP contribution in [0.2, 0.25) is 5.02 Å². The number of aromatic nitrogens is 2. The van der Waals surface area contributed by atoms with Crippen LogP contribution in [0.5, 0.6) is 5.75 Å². The van der Waals surface area contributed by atoms with Gasteiger partial charge in [0.15, 0.2) is 0 Å². The molecule has 0 saturated carbocycles. The number of carbonyl (C=O) groups excluding carboxylic acids is 1.